The largest absolute Gasteiger partial charge is 0.444 e. The van der Waals surface area contributed by atoms with E-state index in [1.165, 1.54) is 0 Å². The van der Waals surface area contributed by atoms with Crippen LogP contribution in [0.5, 0.6) is 0 Å². The molecule has 0 bridgehead atoms. The van der Waals surface area contributed by atoms with Crippen LogP contribution >= 0.6 is 0 Å². The fourth-order valence-corrected chi connectivity index (χ4v) is 4.48. The Balaban J connectivity index is 1.73. The molecule has 0 aromatic heterocycles. The Morgan fingerprint density at radius 1 is 1.00 bits per heavy atom. The van der Waals surface area contributed by atoms with Crippen molar-refractivity contribution >= 4 is 23.6 Å². The lowest BCUT2D eigenvalue weighted by Crippen LogP contribution is -2.51. The summed E-state index contributed by atoms with van der Waals surface area (Å²) in [6, 6.07) is 16.8. The summed E-state index contributed by atoms with van der Waals surface area (Å²) in [4.78, 5) is 40.6. The minimum absolute atomic E-state index is 0.112. The van der Waals surface area contributed by atoms with E-state index in [-0.39, 0.29) is 23.8 Å². The number of alkyl carbamates (subject to hydrolysis) is 1. The first kappa shape index (κ1) is 29.0. The molecule has 0 spiro atoms. The van der Waals surface area contributed by atoms with Crippen LogP contribution < -0.4 is 15.5 Å². The number of ether oxygens (including phenoxy) is 1. The van der Waals surface area contributed by atoms with Gasteiger partial charge in [-0.3, -0.25) is 9.59 Å². The number of carbonyl (C=O) groups is 3. The average molecular weight is 520 g/mol. The van der Waals surface area contributed by atoms with E-state index in [0.717, 1.165) is 29.7 Å². The Morgan fingerprint density at radius 3 is 2.37 bits per heavy atom. The topological polar surface area (TPSA) is 87.7 Å². The Bertz CT molecular complexity index is 1120. The van der Waals surface area contributed by atoms with Gasteiger partial charge in [0.25, 0.3) is 5.91 Å². The number of nitrogens with one attached hydrogen (secondary N) is 2. The van der Waals surface area contributed by atoms with Crippen LogP contribution in [0.4, 0.5) is 10.5 Å². The minimum atomic E-state index is -0.751. The highest BCUT2D eigenvalue weighted by molar-refractivity contribution is 6.03. The van der Waals surface area contributed by atoms with E-state index < -0.39 is 17.7 Å². The molecule has 3 amide bonds. The zero-order valence-electron chi connectivity index (χ0n) is 23.2. The molecule has 0 radical (unpaired) electrons. The van der Waals surface area contributed by atoms with Crippen molar-refractivity contribution in [3.8, 4) is 0 Å². The van der Waals surface area contributed by atoms with Crippen molar-refractivity contribution in [2.75, 3.05) is 11.4 Å². The lowest BCUT2D eigenvalue weighted by atomic mass is 10.0. The molecular formula is C31H41N3O4. The molecular weight excluding hydrogens is 478 g/mol. The van der Waals surface area contributed by atoms with Gasteiger partial charge in [0.2, 0.25) is 5.91 Å². The molecule has 38 heavy (non-hydrogen) atoms. The number of carbonyl (C=O) groups excluding carboxylic acids is 3. The SMILES string of the molecule is CC(C)C[C@H](NC(=O)OC(C)(C)C)C(=O)N[C@H](/C=C/C(=O)N1CCc2ccccc21)CCc1ccccc1. The van der Waals surface area contributed by atoms with E-state index in [4.69, 9.17) is 4.74 Å². The minimum Gasteiger partial charge on any atom is -0.444 e. The molecule has 1 heterocycles. The van der Waals surface area contributed by atoms with E-state index >= 15 is 0 Å². The van der Waals surface area contributed by atoms with Gasteiger partial charge in [-0.2, -0.15) is 0 Å². The van der Waals surface area contributed by atoms with Crippen LogP contribution in [-0.4, -0.2) is 42.1 Å². The standard InChI is InChI=1S/C31H41N3O4/c1-22(2)21-26(33-30(37)38-31(3,4)5)29(36)32-25(16-15-23-11-7-6-8-12-23)17-18-28(35)34-20-19-24-13-9-10-14-27(24)34/h6-14,17-18,22,25-26H,15-16,19-21H2,1-5H3,(H,32,36)(H,33,37)/b18-17+/t25-,26-/m0/s1. The van der Waals surface area contributed by atoms with Gasteiger partial charge in [-0.1, -0.05) is 68.5 Å². The third kappa shape index (κ3) is 9.05. The second kappa shape index (κ2) is 13.3. The number of para-hydroxylation sites is 1. The molecule has 2 aromatic carbocycles. The Kier molecular flexibility index (Phi) is 10.1. The number of hydrogen-bond donors (Lipinski definition) is 2. The molecule has 1 aliphatic heterocycles. The van der Waals surface area contributed by atoms with Crippen molar-refractivity contribution in [2.24, 2.45) is 5.92 Å². The number of fused-ring (bicyclic) bond motifs is 1. The third-order valence-corrected chi connectivity index (χ3v) is 6.25. The van der Waals surface area contributed by atoms with Crippen molar-refractivity contribution in [1.82, 2.24) is 10.6 Å². The van der Waals surface area contributed by atoms with Gasteiger partial charge in [-0.25, -0.2) is 4.79 Å². The predicted molar refractivity (Wildman–Crippen MR) is 151 cm³/mol. The monoisotopic (exact) mass is 519 g/mol. The molecule has 204 valence electrons. The van der Waals surface area contributed by atoms with Crippen LogP contribution in [0.3, 0.4) is 0 Å². The number of amides is 3. The molecule has 2 atom stereocenters. The summed E-state index contributed by atoms with van der Waals surface area (Å²) in [7, 11) is 0. The van der Waals surface area contributed by atoms with Crippen molar-refractivity contribution in [3.05, 3.63) is 77.9 Å². The van der Waals surface area contributed by atoms with E-state index in [0.29, 0.717) is 19.4 Å². The predicted octanol–water partition coefficient (Wildman–Crippen LogP) is 5.19. The summed E-state index contributed by atoms with van der Waals surface area (Å²) >= 11 is 0. The molecule has 1 aliphatic rings. The van der Waals surface area contributed by atoms with Crippen LogP contribution in [-0.2, 0) is 27.2 Å². The number of anilines is 1. The van der Waals surface area contributed by atoms with E-state index in [1.54, 1.807) is 37.8 Å². The molecule has 0 unspecified atom stereocenters. The molecule has 0 fully saturated rings. The number of hydrogen-bond acceptors (Lipinski definition) is 4. The van der Waals surface area contributed by atoms with Gasteiger partial charge in [-0.15, -0.1) is 0 Å². The molecule has 0 saturated carbocycles. The first-order chi connectivity index (χ1) is 18.0. The molecule has 2 N–H and O–H groups in total. The lowest BCUT2D eigenvalue weighted by Gasteiger charge is -2.25. The number of benzene rings is 2. The first-order valence-electron chi connectivity index (χ1n) is 13.4. The smallest absolute Gasteiger partial charge is 0.408 e. The van der Waals surface area contributed by atoms with E-state index in [2.05, 4.69) is 10.6 Å². The second-order valence-corrected chi connectivity index (χ2v) is 11.2. The van der Waals surface area contributed by atoms with Crippen molar-refractivity contribution in [3.63, 3.8) is 0 Å². The summed E-state index contributed by atoms with van der Waals surface area (Å²) in [6.07, 6.45) is 5.32. The number of aryl methyl sites for hydroxylation is 1. The highest BCUT2D eigenvalue weighted by Gasteiger charge is 2.27. The maximum absolute atomic E-state index is 13.4. The van der Waals surface area contributed by atoms with Crippen molar-refractivity contribution < 1.29 is 19.1 Å². The highest BCUT2D eigenvalue weighted by atomic mass is 16.6. The normalized spacial score (nSPS) is 14.7. The van der Waals surface area contributed by atoms with Crippen LogP contribution in [0.25, 0.3) is 0 Å². The molecule has 7 nitrogen and oxygen atoms in total. The van der Waals surface area contributed by atoms with Crippen LogP contribution in [0, 0.1) is 5.92 Å². The second-order valence-electron chi connectivity index (χ2n) is 11.2. The maximum atomic E-state index is 13.4. The third-order valence-electron chi connectivity index (χ3n) is 6.25. The summed E-state index contributed by atoms with van der Waals surface area (Å²) < 4.78 is 5.38. The molecule has 0 aliphatic carbocycles. The van der Waals surface area contributed by atoms with Crippen molar-refractivity contribution in [2.45, 2.75) is 78.0 Å². The zero-order chi connectivity index (χ0) is 27.7. The lowest BCUT2D eigenvalue weighted by molar-refractivity contribution is -0.124. The highest BCUT2D eigenvalue weighted by Crippen LogP contribution is 2.27. The zero-order valence-corrected chi connectivity index (χ0v) is 23.2. The molecule has 7 heteroatoms. The fourth-order valence-electron chi connectivity index (χ4n) is 4.48. The van der Waals surface area contributed by atoms with Crippen LogP contribution in [0.2, 0.25) is 0 Å². The molecule has 3 rings (SSSR count). The molecule has 0 saturated heterocycles. The Morgan fingerprint density at radius 2 is 1.68 bits per heavy atom. The van der Waals surface area contributed by atoms with Gasteiger partial charge in [0.15, 0.2) is 0 Å². The first-order valence-corrected chi connectivity index (χ1v) is 13.4. The summed E-state index contributed by atoms with van der Waals surface area (Å²) in [6.45, 7) is 9.98. The molecule has 2 aromatic rings. The Hall–Kier alpha value is -3.61. The van der Waals surface area contributed by atoms with Crippen LogP contribution in [0.1, 0.15) is 58.6 Å². The van der Waals surface area contributed by atoms with Gasteiger partial charge >= 0.3 is 6.09 Å². The van der Waals surface area contributed by atoms with E-state index in [1.807, 2.05) is 68.4 Å². The van der Waals surface area contributed by atoms with Gasteiger partial charge in [0.05, 0.1) is 0 Å². The summed E-state index contributed by atoms with van der Waals surface area (Å²) in [5, 5.41) is 5.79. The van der Waals surface area contributed by atoms with Gasteiger partial charge in [-0.05, 0) is 69.6 Å². The number of nitrogens with zero attached hydrogens (tertiary/aromatic N) is 1. The van der Waals surface area contributed by atoms with Gasteiger partial charge in [0.1, 0.15) is 11.6 Å². The summed E-state index contributed by atoms with van der Waals surface area (Å²) in [5.74, 6) is -0.235. The maximum Gasteiger partial charge on any atom is 0.408 e. The van der Waals surface area contributed by atoms with Crippen LogP contribution in [0.15, 0.2) is 66.7 Å². The fraction of sp³-hybridized carbons (Fsp3) is 0.452. The summed E-state index contributed by atoms with van der Waals surface area (Å²) in [5.41, 5.74) is 2.57. The number of rotatable bonds is 10. The van der Waals surface area contributed by atoms with Gasteiger partial charge in [0, 0.05) is 24.4 Å². The quantitative estimate of drug-likeness (QED) is 0.423. The van der Waals surface area contributed by atoms with Gasteiger partial charge < -0.3 is 20.3 Å². The van der Waals surface area contributed by atoms with Crippen molar-refractivity contribution in [1.29, 1.82) is 0 Å². The Labute approximate surface area is 226 Å². The average Bonchev–Trinajstić information content (AvgIpc) is 3.28. The van der Waals surface area contributed by atoms with E-state index in [9.17, 15) is 14.4 Å².